The van der Waals surface area contributed by atoms with E-state index in [2.05, 4.69) is 44.4 Å². The third kappa shape index (κ3) is 1.67. The fourth-order valence-corrected chi connectivity index (χ4v) is 2.62. The minimum Gasteiger partial charge on any atom is -0.142 e. The average molecular weight is 225 g/mol. The number of rotatable bonds is 0. The Morgan fingerprint density at radius 2 is 1.93 bits per heavy atom. The smallest absolute Gasteiger partial charge is 0.0587 e. The van der Waals surface area contributed by atoms with Crippen molar-refractivity contribution < 1.29 is 0 Å². The van der Waals surface area contributed by atoms with Crippen LogP contribution in [-0.4, -0.2) is 0 Å². The van der Waals surface area contributed by atoms with Gasteiger partial charge in [0, 0.05) is 0 Å². The molecule has 1 aromatic carbocycles. The van der Waals surface area contributed by atoms with E-state index in [1.54, 1.807) is 11.3 Å². The standard InChI is InChI=1S/C12H13ClS/c1-12(2,3)9-6-8-4-5-14-11(8)10(13)7-9/h4-7H,1-3H3. The van der Waals surface area contributed by atoms with Gasteiger partial charge in [0.15, 0.2) is 0 Å². The molecule has 2 aromatic rings. The Bertz CT molecular complexity index is 463. The highest BCUT2D eigenvalue weighted by Crippen LogP contribution is 2.34. The first-order chi connectivity index (χ1) is 6.48. The van der Waals surface area contributed by atoms with E-state index in [1.807, 2.05) is 0 Å². The van der Waals surface area contributed by atoms with Crippen molar-refractivity contribution in [2.75, 3.05) is 0 Å². The summed E-state index contributed by atoms with van der Waals surface area (Å²) < 4.78 is 1.19. The molecule has 1 aromatic heterocycles. The van der Waals surface area contributed by atoms with Crippen LogP contribution in [0.4, 0.5) is 0 Å². The van der Waals surface area contributed by atoms with E-state index in [9.17, 15) is 0 Å². The molecule has 0 aliphatic rings. The van der Waals surface area contributed by atoms with Gasteiger partial charge in [-0.1, -0.05) is 32.4 Å². The van der Waals surface area contributed by atoms with Gasteiger partial charge in [-0.3, -0.25) is 0 Å². The Labute approximate surface area is 93.5 Å². The summed E-state index contributed by atoms with van der Waals surface area (Å²) >= 11 is 7.92. The molecule has 0 fully saturated rings. The van der Waals surface area contributed by atoms with Crippen LogP contribution in [0.3, 0.4) is 0 Å². The highest BCUT2D eigenvalue weighted by molar-refractivity contribution is 7.17. The fourth-order valence-electron chi connectivity index (χ4n) is 1.47. The van der Waals surface area contributed by atoms with E-state index < -0.39 is 0 Å². The molecular weight excluding hydrogens is 212 g/mol. The van der Waals surface area contributed by atoms with Crippen LogP contribution in [0, 0.1) is 0 Å². The lowest BCUT2D eigenvalue weighted by atomic mass is 9.86. The second-order valence-electron chi connectivity index (χ2n) is 4.55. The van der Waals surface area contributed by atoms with Gasteiger partial charge < -0.3 is 0 Å². The minimum absolute atomic E-state index is 0.166. The van der Waals surface area contributed by atoms with Crippen molar-refractivity contribution in [3.8, 4) is 0 Å². The summed E-state index contributed by atoms with van der Waals surface area (Å²) in [6.07, 6.45) is 0. The van der Waals surface area contributed by atoms with Crippen LogP contribution in [0.5, 0.6) is 0 Å². The molecular formula is C12H13ClS. The van der Waals surface area contributed by atoms with Crippen molar-refractivity contribution in [3.05, 3.63) is 34.2 Å². The maximum absolute atomic E-state index is 6.22. The fraction of sp³-hybridized carbons (Fsp3) is 0.333. The molecule has 0 spiro atoms. The maximum atomic E-state index is 6.22. The molecule has 0 atom stereocenters. The predicted octanol–water partition coefficient (Wildman–Crippen LogP) is 4.85. The van der Waals surface area contributed by atoms with E-state index in [-0.39, 0.29) is 5.41 Å². The van der Waals surface area contributed by atoms with Gasteiger partial charge in [0.25, 0.3) is 0 Å². The Morgan fingerprint density at radius 1 is 1.21 bits per heavy atom. The van der Waals surface area contributed by atoms with E-state index in [1.165, 1.54) is 15.6 Å². The molecule has 0 unspecified atom stereocenters. The van der Waals surface area contributed by atoms with Crippen molar-refractivity contribution in [3.63, 3.8) is 0 Å². The highest BCUT2D eigenvalue weighted by atomic mass is 35.5. The lowest BCUT2D eigenvalue weighted by molar-refractivity contribution is 0.591. The molecule has 2 rings (SSSR count). The van der Waals surface area contributed by atoms with Crippen LogP contribution in [-0.2, 0) is 5.41 Å². The van der Waals surface area contributed by atoms with Gasteiger partial charge in [-0.15, -0.1) is 11.3 Å². The predicted molar refractivity (Wildman–Crippen MR) is 65.5 cm³/mol. The van der Waals surface area contributed by atoms with Crippen LogP contribution in [0.2, 0.25) is 5.02 Å². The molecule has 0 nitrogen and oxygen atoms in total. The largest absolute Gasteiger partial charge is 0.142 e. The summed E-state index contributed by atoms with van der Waals surface area (Å²) in [6, 6.07) is 6.44. The van der Waals surface area contributed by atoms with Crippen LogP contribution in [0.25, 0.3) is 10.1 Å². The van der Waals surface area contributed by atoms with Crippen molar-refractivity contribution >= 4 is 33.0 Å². The third-order valence-electron chi connectivity index (χ3n) is 2.37. The van der Waals surface area contributed by atoms with Gasteiger partial charge in [-0.05, 0) is 39.9 Å². The first-order valence-corrected chi connectivity index (χ1v) is 5.91. The monoisotopic (exact) mass is 224 g/mol. The van der Waals surface area contributed by atoms with E-state index in [4.69, 9.17) is 11.6 Å². The van der Waals surface area contributed by atoms with Crippen molar-refractivity contribution in [1.29, 1.82) is 0 Å². The Kier molecular flexibility index (Phi) is 2.32. The van der Waals surface area contributed by atoms with E-state index >= 15 is 0 Å². The topological polar surface area (TPSA) is 0 Å². The Hall–Kier alpha value is -0.530. The molecule has 1 heterocycles. The average Bonchev–Trinajstić information content (AvgIpc) is 2.50. The molecule has 14 heavy (non-hydrogen) atoms. The lowest BCUT2D eigenvalue weighted by Crippen LogP contribution is -2.10. The first-order valence-electron chi connectivity index (χ1n) is 4.66. The zero-order valence-corrected chi connectivity index (χ0v) is 10.2. The first kappa shape index (κ1) is 10.0. The molecule has 0 saturated heterocycles. The number of thiophene rings is 1. The SMILES string of the molecule is CC(C)(C)c1cc(Cl)c2sccc2c1. The second kappa shape index (κ2) is 3.25. The van der Waals surface area contributed by atoms with Gasteiger partial charge in [-0.2, -0.15) is 0 Å². The number of fused-ring (bicyclic) bond motifs is 1. The summed E-state index contributed by atoms with van der Waals surface area (Å²) in [6.45, 7) is 6.62. The summed E-state index contributed by atoms with van der Waals surface area (Å²) in [5.74, 6) is 0. The molecule has 0 amide bonds. The van der Waals surface area contributed by atoms with Crippen molar-refractivity contribution in [1.82, 2.24) is 0 Å². The number of hydrogen-bond donors (Lipinski definition) is 0. The third-order valence-corrected chi connectivity index (χ3v) is 3.75. The summed E-state index contributed by atoms with van der Waals surface area (Å²) in [4.78, 5) is 0. The second-order valence-corrected chi connectivity index (χ2v) is 5.87. The molecule has 0 radical (unpaired) electrons. The number of halogens is 1. The van der Waals surface area contributed by atoms with Crippen LogP contribution in [0.15, 0.2) is 23.6 Å². The Morgan fingerprint density at radius 3 is 2.57 bits per heavy atom. The van der Waals surface area contributed by atoms with E-state index in [0.717, 1.165) is 5.02 Å². The normalized spacial score (nSPS) is 12.3. The number of benzene rings is 1. The summed E-state index contributed by atoms with van der Waals surface area (Å²) in [5, 5.41) is 4.22. The number of hydrogen-bond acceptors (Lipinski definition) is 1. The van der Waals surface area contributed by atoms with Crippen molar-refractivity contribution in [2.45, 2.75) is 26.2 Å². The van der Waals surface area contributed by atoms with Gasteiger partial charge in [-0.25, -0.2) is 0 Å². The molecule has 0 bridgehead atoms. The van der Waals surface area contributed by atoms with Gasteiger partial charge in [0.05, 0.1) is 9.72 Å². The quantitative estimate of drug-likeness (QED) is 0.600. The molecule has 0 N–H and O–H groups in total. The van der Waals surface area contributed by atoms with Crippen LogP contribution in [0.1, 0.15) is 26.3 Å². The zero-order chi connectivity index (χ0) is 10.3. The highest BCUT2D eigenvalue weighted by Gasteiger charge is 2.15. The maximum Gasteiger partial charge on any atom is 0.0587 e. The van der Waals surface area contributed by atoms with Gasteiger partial charge >= 0.3 is 0 Å². The summed E-state index contributed by atoms with van der Waals surface area (Å²) in [5.41, 5.74) is 1.47. The summed E-state index contributed by atoms with van der Waals surface area (Å²) in [7, 11) is 0. The van der Waals surface area contributed by atoms with Crippen LogP contribution >= 0.6 is 22.9 Å². The molecule has 0 aliphatic heterocycles. The van der Waals surface area contributed by atoms with Crippen molar-refractivity contribution in [2.24, 2.45) is 0 Å². The Balaban J connectivity index is 2.70. The molecule has 0 saturated carbocycles. The molecule has 74 valence electrons. The minimum atomic E-state index is 0.166. The van der Waals surface area contributed by atoms with Gasteiger partial charge in [0.2, 0.25) is 0 Å². The lowest BCUT2D eigenvalue weighted by Gasteiger charge is -2.19. The zero-order valence-electron chi connectivity index (χ0n) is 8.60. The van der Waals surface area contributed by atoms with Gasteiger partial charge in [0.1, 0.15) is 0 Å². The van der Waals surface area contributed by atoms with E-state index in [0.29, 0.717) is 0 Å². The molecule has 0 aliphatic carbocycles. The van der Waals surface area contributed by atoms with Crippen LogP contribution < -0.4 is 0 Å². The molecule has 2 heteroatoms.